The molecule has 2 heterocycles. The van der Waals surface area contributed by atoms with Gasteiger partial charge in [0.1, 0.15) is 16.8 Å². The van der Waals surface area contributed by atoms with E-state index in [1.54, 1.807) is 24.3 Å². The van der Waals surface area contributed by atoms with Crippen molar-refractivity contribution >= 4 is 39.0 Å². The Hall–Kier alpha value is -3.32. The number of alkyl halides is 2. The molecule has 0 saturated heterocycles. The fourth-order valence-corrected chi connectivity index (χ4v) is 5.22. The lowest BCUT2D eigenvalue weighted by atomic mass is 9.89. The van der Waals surface area contributed by atoms with Gasteiger partial charge in [-0.2, -0.15) is 14.0 Å². The first-order valence-corrected chi connectivity index (χ1v) is 11.0. The molecular weight excluding hydrogens is 436 g/mol. The van der Waals surface area contributed by atoms with E-state index in [1.165, 1.54) is 18.3 Å². The van der Waals surface area contributed by atoms with E-state index in [-0.39, 0.29) is 17.1 Å². The number of halogens is 2. The number of fused-ring (bicyclic) bond motifs is 2. The first-order chi connectivity index (χ1) is 15.4. The molecule has 1 unspecified atom stereocenters. The fraction of sp³-hybridized carbons (Fsp3) is 0.364. The summed E-state index contributed by atoms with van der Waals surface area (Å²) in [5.74, 6) is 0.0369. The summed E-state index contributed by atoms with van der Waals surface area (Å²) in [7, 11) is 0. The van der Waals surface area contributed by atoms with Crippen LogP contribution < -0.4 is 5.32 Å². The van der Waals surface area contributed by atoms with Gasteiger partial charge in [0.05, 0.1) is 16.6 Å². The lowest BCUT2D eigenvalue weighted by Gasteiger charge is -2.17. The van der Waals surface area contributed by atoms with Gasteiger partial charge in [0.2, 0.25) is 0 Å². The topological polar surface area (TPSA) is 92.3 Å². The number of nitrogens with zero attached hydrogens (tertiary/aromatic N) is 4. The second-order valence-electron chi connectivity index (χ2n) is 7.74. The van der Waals surface area contributed by atoms with Crippen molar-refractivity contribution in [2.45, 2.75) is 39.7 Å². The van der Waals surface area contributed by atoms with E-state index in [0.29, 0.717) is 22.0 Å². The van der Waals surface area contributed by atoms with Crippen LogP contribution in [0.15, 0.2) is 29.4 Å². The van der Waals surface area contributed by atoms with Crippen molar-refractivity contribution in [1.82, 2.24) is 9.55 Å². The molecule has 1 aromatic carbocycles. The molecule has 0 radical (unpaired) electrons. The van der Waals surface area contributed by atoms with Crippen molar-refractivity contribution in [2.75, 3.05) is 11.9 Å². The predicted molar refractivity (Wildman–Crippen MR) is 118 cm³/mol. The highest BCUT2D eigenvalue weighted by atomic mass is 32.1. The first-order valence-electron chi connectivity index (χ1n) is 10.2. The Bertz CT molecular complexity index is 1240. The number of aromatic nitrogens is 2. The number of nitrogens with one attached hydrogen (secondary N) is 1. The molecular formula is C22H21F2N5O2S. The third-order valence-electron chi connectivity index (χ3n) is 5.39. The molecule has 7 nitrogen and oxygen atoms in total. The van der Waals surface area contributed by atoms with E-state index in [9.17, 15) is 18.8 Å². The van der Waals surface area contributed by atoms with Crippen LogP contribution in [0.3, 0.4) is 0 Å². The van der Waals surface area contributed by atoms with Crippen LogP contribution in [0.2, 0.25) is 0 Å². The monoisotopic (exact) mass is 457 g/mol. The minimum atomic E-state index is -2.80. The maximum Gasteiger partial charge on any atom is 0.320 e. The van der Waals surface area contributed by atoms with Crippen molar-refractivity contribution in [3.05, 3.63) is 46.1 Å². The third kappa shape index (κ3) is 4.21. The number of hydrogen-bond donors (Lipinski definition) is 1. The van der Waals surface area contributed by atoms with Gasteiger partial charge in [-0.15, -0.1) is 11.3 Å². The van der Waals surface area contributed by atoms with Gasteiger partial charge in [-0.05, 0) is 49.8 Å². The van der Waals surface area contributed by atoms with Crippen molar-refractivity contribution in [3.63, 3.8) is 0 Å². The van der Waals surface area contributed by atoms with E-state index < -0.39 is 19.1 Å². The molecule has 0 aliphatic heterocycles. The second-order valence-corrected chi connectivity index (χ2v) is 8.84. The molecule has 0 bridgehead atoms. The van der Waals surface area contributed by atoms with E-state index in [2.05, 4.69) is 28.4 Å². The molecule has 32 heavy (non-hydrogen) atoms. The Labute approximate surface area is 187 Å². The number of carbonyl (C=O) groups excluding carboxylic acids is 1. The number of carbonyl (C=O) groups is 1. The summed E-state index contributed by atoms with van der Waals surface area (Å²) in [5, 5.41) is 16.6. The zero-order valence-corrected chi connectivity index (χ0v) is 18.4. The van der Waals surface area contributed by atoms with E-state index >= 15 is 0 Å². The smallest absolute Gasteiger partial charge is 0.320 e. The largest absolute Gasteiger partial charge is 0.385 e. The Morgan fingerprint density at radius 1 is 1.47 bits per heavy atom. The lowest BCUT2D eigenvalue weighted by molar-refractivity contribution is -0.120. The second kappa shape index (κ2) is 9.04. The fourth-order valence-electron chi connectivity index (χ4n) is 3.85. The van der Waals surface area contributed by atoms with Gasteiger partial charge in [0.15, 0.2) is 12.4 Å². The molecule has 1 N–H and O–H groups in total. The summed E-state index contributed by atoms with van der Waals surface area (Å²) in [6.45, 7) is 0.433. The van der Waals surface area contributed by atoms with Crippen LogP contribution in [0.5, 0.6) is 0 Å². The van der Waals surface area contributed by atoms with Gasteiger partial charge < -0.3 is 10.2 Å². The van der Waals surface area contributed by atoms with Gasteiger partial charge in [0.25, 0.3) is 5.91 Å². The van der Waals surface area contributed by atoms with Crippen molar-refractivity contribution in [3.8, 4) is 6.07 Å². The third-order valence-corrected chi connectivity index (χ3v) is 6.56. The van der Waals surface area contributed by atoms with E-state index in [1.807, 2.05) is 0 Å². The average molecular weight is 458 g/mol. The van der Waals surface area contributed by atoms with Crippen molar-refractivity contribution in [1.29, 1.82) is 5.26 Å². The molecule has 4 rings (SSSR count). The molecule has 1 aliphatic carbocycles. The molecule has 0 fully saturated rings. The molecule has 1 amide bonds. The standard InChI is InChI=1S/C22H21F2N5O2S/c1-12-7-8-14-15(10-25)21(32-18(14)9-12)27-19(30)11-31-28-13(2)20-26-16-5-3-4-6-17(16)29(20)22(23)24/h3-6,12,22H,7-9,11H2,1-2H3,(H,27,30)/b28-13+. The number of imidazole rings is 1. The predicted octanol–water partition coefficient (Wildman–Crippen LogP) is 4.87. The number of nitriles is 1. The molecule has 166 valence electrons. The molecule has 1 atom stereocenters. The Morgan fingerprint density at radius 2 is 2.25 bits per heavy atom. The SMILES string of the molecule is C/C(=N\OCC(=O)Nc1sc2c(c1C#N)CCC(C)C2)c1nc2ccccc2n1C(F)F. The maximum atomic E-state index is 13.6. The molecule has 10 heteroatoms. The minimum Gasteiger partial charge on any atom is -0.385 e. The summed E-state index contributed by atoms with van der Waals surface area (Å²) in [6, 6.07) is 8.74. The quantitative estimate of drug-likeness (QED) is 0.422. The first kappa shape index (κ1) is 21.9. The summed E-state index contributed by atoms with van der Waals surface area (Å²) in [4.78, 5) is 22.8. The molecule has 0 spiro atoms. The Balaban J connectivity index is 1.45. The molecule has 2 aromatic heterocycles. The lowest BCUT2D eigenvalue weighted by Crippen LogP contribution is -2.18. The highest BCUT2D eigenvalue weighted by Gasteiger charge is 2.25. The molecule has 3 aromatic rings. The van der Waals surface area contributed by atoms with Crippen LogP contribution in [0.4, 0.5) is 13.8 Å². The number of para-hydroxylation sites is 2. The number of oxime groups is 1. The number of anilines is 1. The molecule has 1 aliphatic rings. The van der Waals surface area contributed by atoms with Crippen LogP contribution in [0.1, 0.15) is 48.6 Å². The Morgan fingerprint density at radius 3 is 3.00 bits per heavy atom. The number of hydrogen-bond acceptors (Lipinski definition) is 6. The van der Waals surface area contributed by atoms with Crippen molar-refractivity contribution in [2.24, 2.45) is 11.1 Å². The maximum absolute atomic E-state index is 13.6. The van der Waals surface area contributed by atoms with Gasteiger partial charge in [-0.3, -0.25) is 9.36 Å². The highest BCUT2D eigenvalue weighted by molar-refractivity contribution is 7.16. The van der Waals surface area contributed by atoms with Gasteiger partial charge in [0, 0.05) is 4.88 Å². The summed E-state index contributed by atoms with van der Waals surface area (Å²) < 4.78 is 27.9. The van der Waals surface area contributed by atoms with E-state index in [4.69, 9.17) is 4.84 Å². The highest BCUT2D eigenvalue weighted by Crippen LogP contribution is 2.39. The number of benzene rings is 1. The number of rotatable bonds is 6. The van der Waals surface area contributed by atoms with Gasteiger partial charge in [-0.25, -0.2) is 4.98 Å². The van der Waals surface area contributed by atoms with Crippen LogP contribution >= 0.6 is 11.3 Å². The molecule has 0 saturated carbocycles. The summed E-state index contributed by atoms with van der Waals surface area (Å²) >= 11 is 1.42. The van der Waals surface area contributed by atoms with Crippen molar-refractivity contribution < 1.29 is 18.4 Å². The Kier molecular flexibility index (Phi) is 6.19. The number of amides is 1. The summed E-state index contributed by atoms with van der Waals surface area (Å²) in [6.07, 6.45) is 2.75. The summed E-state index contributed by atoms with van der Waals surface area (Å²) in [5.41, 5.74) is 2.34. The normalized spacial score (nSPS) is 16.1. The minimum absolute atomic E-state index is 0.0339. The van der Waals surface area contributed by atoms with Crippen LogP contribution in [-0.4, -0.2) is 27.8 Å². The zero-order valence-electron chi connectivity index (χ0n) is 17.6. The van der Waals surface area contributed by atoms with Gasteiger partial charge >= 0.3 is 6.55 Å². The van der Waals surface area contributed by atoms with Crippen LogP contribution in [0.25, 0.3) is 11.0 Å². The average Bonchev–Trinajstić information content (AvgIpc) is 3.31. The number of thiophene rings is 1. The zero-order chi connectivity index (χ0) is 22.8. The van der Waals surface area contributed by atoms with Gasteiger partial charge in [-0.1, -0.05) is 24.2 Å². The van der Waals surface area contributed by atoms with Crippen LogP contribution in [0, 0.1) is 17.2 Å². The van der Waals surface area contributed by atoms with E-state index in [0.717, 1.165) is 34.3 Å². The van der Waals surface area contributed by atoms with Crippen LogP contribution in [-0.2, 0) is 22.5 Å².